The van der Waals surface area contributed by atoms with Crippen molar-refractivity contribution in [3.05, 3.63) is 29.6 Å². The second-order valence-corrected chi connectivity index (χ2v) is 6.75. The van der Waals surface area contributed by atoms with E-state index in [1.165, 1.54) is 16.4 Å². The lowest BCUT2D eigenvalue weighted by Gasteiger charge is -2.29. The number of anilines is 1. The highest BCUT2D eigenvalue weighted by Crippen LogP contribution is 2.23. The minimum absolute atomic E-state index is 0.140. The summed E-state index contributed by atoms with van der Waals surface area (Å²) in [6.07, 6.45) is 0.552. The number of hydrogen-bond acceptors (Lipinski definition) is 3. The van der Waals surface area contributed by atoms with Gasteiger partial charge in [-0.15, -0.1) is 0 Å². The van der Waals surface area contributed by atoms with Crippen LogP contribution in [0.5, 0.6) is 0 Å². The number of hydrogen-bond donors (Lipinski definition) is 2. The van der Waals surface area contributed by atoms with Crippen molar-refractivity contribution in [2.75, 3.05) is 17.8 Å². The van der Waals surface area contributed by atoms with E-state index in [9.17, 15) is 17.6 Å². The third-order valence-corrected chi connectivity index (χ3v) is 5.10. The van der Waals surface area contributed by atoms with E-state index >= 15 is 0 Å². The number of nitrogens with zero attached hydrogens (tertiary/aromatic N) is 1. The molecule has 1 aliphatic heterocycles. The quantitative estimate of drug-likeness (QED) is 0.883. The Morgan fingerprint density at radius 3 is 2.57 bits per heavy atom. The van der Waals surface area contributed by atoms with E-state index < -0.39 is 27.9 Å². The van der Waals surface area contributed by atoms with Crippen LogP contribution in [0.4, 0.5) is 10.1 Å². The summed E-state index contributed by atoms with van der Waals surface area (Å²) in [6.45, 7) is 1.95. The number of carboxylic acids is 1. The minimum Gasteiger partial charge on any atom is -0.481 e. The van der Waals surface area contributed by atoms with Crippen LogP contribution in [-0.2, 0) is 15.0 Å². The Morgan fingerprint density at radius 2 is 2.00 bits per heavy atom. The molecule has 0 aromatic heterocycles. The Balaban J connectivity index is 2.09. The summed E-state index contributed by atoms with van der Waals surface area (Å²) in [7, 11) is -3.80. The van der Waals surface area contributed by atoms with Crippen LogP contribution in [0.2, 0.25) is 0 Å². The van der Waals surface area contributed by atoms with Gasteiger partial charge in [-0.25, -0.2) is 4.39 Å². The molecule has 2 rings (SSSR count). The zero-order valence-corrected chi connectivity index (χ0v) is 12.4. The predicted octanol–water partition coefficient (Wildman–Crippen LogP) is 1.59. The molecule has 0 amide bonds. The van der Waals surface area contributed by atoms with E-state index in [-0.39, 0.29) is 31.6 Å². The molecule has 0 saturated carbocycles. The molecule has 0 radical (unpaired) electrons. The van der Waals surface area contributed by atoms with E-state index in [0.29, 0.717) is 5.56 Å². The second kappa shape index (κ2) is 5.98. The van der Waals surface area contributed by atoms with Crippen LogP contribution < -0.4 is 4.72 Å². The fourth-order valence-corrected chi connectivity index (χ4v) is 3.57. The molecule has 0 spiro atoms. The van der Waals surface area contributed by atoms with Crippen molar-refractivity contribution in [3.63, 3.8) is 0 Å². The van der Waals surface area contributed by atoms with Crippen LogP contribution >= 0.6 is 0 Å². The van der Waals surface area contributed by atoms with Crippen LogP contribution in [0.1, 0.15) is 18.4 Å². The van der Waals surface area contributed by atoms with Crippen molar-refractivity contribution in [3.8, 4) is 0 Å². The van der Waals surface area contributed by atoms with Gasteiger partial charge in [0.05, 0.1) is 11.6 Å². The zero-order chi connectivity index (χ0) is 15.6. The lowest BCUT2D eigenvalue weighted by molar-refractivity contribution is -0.142. The lowest BCUT2D eigenvalue weighted by Crippen LogP contribution is -2.43. The molecule has 6 nitrogen and oxygen atoms in total. The summed E-state index contributed by atoms with van der Waals surface area (Å²) in [4.78, 5) is 10.9. The molecule has 0 aliphatic carbocycles. The Morgan fingerprint density at radius 1 is 1.38 bits per heavy atom. The van der Waals surface area contributed by atoms with Crippen molar-refractivity contribution < 1.29 is 22.7 Å². The maximum Gasteiger partial charge on any atom is 0.306 e. The van der Waals surface area contributed by atoms with Gasteiger partial charge in [0.2, 0.25) is 0 Å². The highest BCUT2D eigenvalue weighted by Gasteiger charge is 2.31. The van der Waals surface area contributed by atoms with Crippen molar-refractivity contribution in [2.24, 2.45) is 5.92 Å². The van der Waals surface area contributed by atoms with Crippen LogP contribution in [0, 0.1) is 18.7 Å². The fraction of sp³-hybridized carbons (Fsp3) is 0.462. The number of nitrogens with one attached hydrogen (secondary N) is 1. The molecule has 2 N–H and O–H groups in total. The number of halogens is 1. The first-order chi connectivity index (χ1) is 9.79. The van der Waals surface area contributed by atoms with E-state index in [4.69, 9.17) is 5.11 Å². The van der Waals surface area contributed by atoms with E-state index in [2.05, 4.69) is 4.72 Å². The number of rotatable bonds is 4. The summed E-state index contributed by atoms with van der Waals surface area (Å²) >= 11 is 0. The first kappa shape index (κ1) is 15.7. The average molecular weight is 316 g/mol. The maximum atomic E-state index is 13.2. The van der Waals surface area contributed by atoms with Crippen molar-refractivity contribution in [1.82, 2.24) is 4.31 Å². The van der Waals surface area contributed by atoms with Gasteiger partial charge in [0, 0.05) is 13.1 Å². The average Bonchev–Trinajstić information content (AvgIpc) is 2.43. The van der Waals surface area contributed by atoms with Gasteiger partial charge >= 0.3 is 16.2 Å². The summed E-state index contributed by atoms with van der Waals surface area (Å²) in [5.74, 6) is -1.93. The molecule has 0 unspecified atom stereocenters. The molecule has 116 valence electrons. The molecule has 21 heavy (non-hydrogen) atoms. The van der Waals surface area contributed by atoms with E-state index in [1.807, 2.05) is 0 Å². The van der Waals surface area contributed by atoms with Crippen molar-refractivity contribution >= 4 is 21.9 Å². The largest absolute Gasteiger partial charge is 0.481 e. The summed E-state index contributed by atoms with van der Waals surface area (Å²) in [5, 5.41) is 8.90. The summed E-state index contributed by atoms with van der Waals surface area (Å²) in [5.41, 5.74) is 0.802. The molecular formula is C13H17FN2O4S. The van der Waals surface area contributed by atoms with Gasteiger partial charge in [0.25, 0.3) is 0 Å². The Bertz CT molecular complexity index is 640. The predicted molar refractivity (Wildman–Crippen MR) is 75.6 cm³/mol. The standard InChI is InChI=1S/C13H17FN2O4S/c1-9-2-3-11(14)8-12(9)15-21(19,20)16-6-4-10(5-7-16)13(17)18/h2-3,8,10,15H,4-7H2,1H3,(H,17,18). The van der Waals surface area contributed by atoms with Crippen LogP contribution in [0.25, 0.3) is 0 Å². The van der Waals surface area contributed by atoms with E-state index in [0.717, 1.165) is 6.07 Å². The van der Waals surface area contributed by atoms with Gasteiger partial charge in [-0.05, 0) is 37.5 Å². The zero-order valence-electron chi connectivity index (χ0n) is 11.5. The smallest absolute Gasteiger partial charge is 0.306 e. The number of piperidine rings is 1. The molecular weight excluding hydrogens is 299 g/mol. The number of benzene rings is 1. The molecule has 0 atom stereocenters. The van der Waals surface area contributed by atoms with Crippen LogP contribution in [0.3, 0.4) is 0 Å². The Hall–Kier alpha value is -1.67. The summed E-state index contributed by atoms with van der Waals surface area (Å²) in [6, 6.07) is 3.87. The minimum atomic E-state index is -3.80. The van der Waals surface area contributed by atoms with Gasteiger partial charge in [-0.1, -0.05) is 6.07 Å². The fourth-order valence-electron chi connectivity index (χ4n) is 2.25. The van der Waals surface area contributed by atoms with Gasteiger partial charge in [-0.2, -0.15) is 12.7 Å². The third kappa shape index (κ3) is 3.70. The molecule has 1 aromatic carbocycles. The van der Waals surface area contributed by atoms with E-state index in [1.54, 1.807) is 6.92 Å². The number of carboxylic acid groups (broad SMARTS) is 1. The lowest BCUT2D eigenvalue weighted by atomic mass is 9.99. The summed E-state index contributed by atoms with van der Waals surface area (Å²) < 4.78 is 41.2. The number of carbonyl (C=O) groups is 1. The molecule has 1 heterocycles. The number of aryl methyl sites for hydroxylation is 1. The van der Waals surface area contributed by atoms with Crippen LogP contribution in [-0.4, -0.2) is 36.9 Å². The highest BCUT2D eigenvalue weighted by molar-refractivity contribution is 7.90. The van der Waals surface area contributed by atoms with Gasteiger partial charge in [0.1, 0.15) is 5.82 Å². The molecule has 1 fully saturated rings. The molecule has 1 aliphatic rings. The molecule has 8 heteroatoms. The van der Waals surface area contributed by atoms with Crippen molar-refractivity contribution in [2.45, 2.75) is 19.8 Å². The third-order valence-electron chi connectivity index (χ3n) is 3.58. The molecule has 0 bridgehead atoms. The van der Waals surface area contributed by atoms with Crippen molar-refractivity contribution in [1.29, 1.82) is 0 Å². The maximum absolute atomic E-state index is 13.2. The molecule has 1 saturated heterocycles. The van der Waals surface area contributed by atoms with Crippen LogP contribution in [0.15, 0.2) is 18.2 Å². The monoisotopic (exact) mass is 316 g/mol. The van der Waals surface area contributed by atoms with Gasteiger partial charge < -0.3 is 5.11 Å². The molecule has 1 aromatic rings. The Kier molecular flexibility index (Phi) is 4.48. The van der Waals surface area contributed by atoms with Gasteiger partial charge in [0.15, 0.2) is 0 Å². The highest BCUT2D eigenvalue weighted by atomic mass is 32.2. The SMILES string of the molecule is Cc1ccc(F)cc1NS(=O)(=O)N1CCC(C(=O)O)CC1. The normalized spacial score (nSPS) is 17.6. The first-order valence-electron chi connectivity index (χ1n) is 6.56. The Labute approximate surface area is 122 Å². The van der Waals surface area contributed by atoms with Gasteiger partial charge in [-0.3, -0.25) is 9.52 Å². The topological polar surface area (TPSA) is 86.7 Å². The number of aliphatic carboxylic acids is 1. The second-order valence-electron chi connectivity index (χ2n) is 5.08. The first-order valence-corrected chi connectivity index (χ1v) is 8.00.